The van der Waals surface area contributed by atoms with E-state index >= 15 is 0 Å². The van der Waals surface area contributed by atoms with Gasteiger partial charge in [-0.2, -0.15) is 0 Å². The van der Waals surface area contributed by atoms with Crippen LogP contribution >= 0.6 is 11.6 Å². The molecule has 1 aromatic carbocycles. The number of aliphatic hydroxyl groups excluding tert-OH is 2. The molecule has 0 aromatic heterocycles. The number of unbranched alkanes of at least 4 members (excludes halogenated alkanes) is 2. The van der Waals surface area contributed by atoms with Crippen molar-refractivity contribution < 1.29 is 10.2 Å². The van der Waals surface area contributed by atoms with Crippen molar-refractivity contribution >= 4 is 11.6 Å². The van der Waals surface area contributed by atoms with Gasteiger partial charge in [0.15, 0.2) is 0 Å². The third kappa shape index (κ3) is 6.68. The minimum absolute atomic E-state index is 0.155. The Morgan fingerprint density at radius 3 is 2.66 bits per heavy atom. The fourth-order valence-corrected chi connectivity index (χ4v) is 5.06. The molecule has 5 atom stereocenters. The molecule has 0 saturated heterocycles. The van der Waals surface area contributed by atoms with Crippen LogP contribution in [0, 0.1) is 17.8 Å². The summed E-state index contributed by atoms with van der Waals surface area (Å²) in [6, 6.07) is 7.60. The van der Waals surface area contributed by atoms with Gasteiger partial charge in [-0.3, -0.25) is 0 Å². The second kappa shape index (κ2) is 10.8. The first-order valence-electron chi connectivity index (χ1n) is 11.1. The van der Waals surface area contributed by atoms with E-state index in [0.29, 0.717) is 23.3 Å². The van der Waals surface area contributed by atoms with Gasteiger partial charge in [-0.05, 0) is 82.3 Å². The van der Waals surface area contributed by atoms with E-state index < -0.39 is 6.10 Å². The smallest absolute Gasteiger partial charge is 0.0761 e. The Morgan fingerprint density at radius 1 is 1.17 bits per heavy atom. The molecule has 0 heterocycles. The highest BCUT2D eigenvalue weighted by molar-refractivity contribution is 6.30. The molecule has 0 spiro atoms. The highest BCUT2D eigenvalue weighted by atomic mass is 35.5. The highest BCUT2D eigenvalue weighted by Crippen LogP contribution is 2.48. The number of nitrogens with zero attached hydrogens (tertiary/aromatic N) is 1. The van der Waals surface area contributed by atoms with Gasteiger partial charge in [-0.15, -0.1) is 0 Å². The van der Waals surface area contributed by atoms with Crippen LogP contribution in [-0.2, 0) is 6.42 Å². The molecule has 2 aliphatic carbocycles. The molecule has 0 bridgehead atoms. The van der Waals surface area contributed by atoms with Crippen LogP contribution in [0.4, 0.5) is 0 Å². The van der Waals surface area contributed by atoms with Crippen molar-refractivity contribution in [3.63, 3.8) is 0 Å². The summed E-state index contributed by atoms with van der Waals surface area (Å²) in [6.45, 7) is 1.17. The first kappa shape index (κ1) is 22.6. The number of benzene rings is 1. The van der Waals surface area contributed by atoms with Gasteiger partial charge in [0.1, 0.15) is 0 Å². The fourth-order valence-electron chi connectivity index (χ4n) is 4.93. The molecule has 29 heavy (non-hydrogen) atoms. The topological polar surface area (TPSA) is 43.7 Å². The Kier molecular flexibility index (Phi) is 8.37. The lowest BCUT2D eigenvalue weighted by Crippen LogP contribution is -2.18. The number of hydrogen-bond acceptors (Lipinski definition) is 3. The Morgan fingerprint density at radius 2 is 1.93 bits per heavy atom. The molecule has 0 radical (unpaired) electrons. The van der Waals surface area contributed by atoms with E-state index in [9.17, 15) is 10.2 Å². The second-order valence-corrected chi connectivity index (χ2v) is 9.57. The summed E-state index contributed by atoms with van der Waals surface area (Å²) in [6.07, 6.45) is 13.1. The number of aliphatic hydroxyl groups is 2. The van der Waals surface area contributed by atoms with Crippen LogP contribution in [0.3, 0.4) is 0 Å². The second-order valence-electron chi connectivity index (χ2n) is 9.13. The maximum Gasteiger partial charge on any atom is 0.0761 e. The van der Waals surface area contributed by atoms with Gasteiger partial charge in [0.25, 0.3) is 0 Å². The quantitative estimate of drug-likeness (QED) is 0.421. The standard InChI is InChI=1S/C25H36ClNO2/c1-27(2)13-5-3-4-6-19-14-20-17-25(29)23(24(20)16-19)12-11-22(28)15-18-7-9-21(26)10-8-18/h7-12,14,20,22-25,28-29H,3-6,13,15-17H2,1-2H3/t20-,22+,23+,24-,25+/m0/s1. The van der Waals surface area contributed by atoms with Gasteiger partial charge in [-0.25, -0.2) is 0 Å². The maximum absolute atomic E-state index is 10.5. The maximum atomic E-state index is 10.5. The van der Waals surface area contributed by atoms with E-state index in [1.165, 1.54) is 32.2 Å². The van der Waals surface area contributed by atoms with Gasteiger partial charge >= 0.3 is 0 Å². The average Bonchev–Trinajstić information content (AvgIpc) is 3.18. The van der Waals surface area contributed by atoms with Gasteiger partial charge in [0.05, 0.1) is 12.2 Å². The van der Waals surface area contributed by atoms with Crippen molar-refractivity contribution in [3.8, 4) is 0 Å². The molecular formula is C25H36ClNO2. The summed E-state index contributed by atoms with van der Waals surface area (Å²) in [5.41, 5.74) is 2.65. The number of fused-ring (bicyclic) bond motifs is 1. The largest absolute Gasteiger partial charge is 0.392 e. The van der Waals surface area contributed by atoms with Crippen molar-refractivity contribution in [1.29, 1.82) is 0 Å². The molecule has 0 unspecified atom stereocenters. The molecular weight excluding hydrogens is 382 g/mol. The van der Waals surface area contributed by atoms with Crippen molar-refractivity contribution in [2.75, 3.05) is 20.6 Å². The predicted octanol–water partition coefficient (Wildman–Crippen LogP) is 4.86. The Labute approximate surface area is 181 Å². The first-order chi connectivity index (χ1) is 13.9. The van der Waals surface area contributed by atoms with Gasteiger partial charge in [-0.1, -0.05) is 54.0 Å². The lowest BCUT2D eigenvalue weighted by Gasteiger charge is -2.19. The molecule has 1 aromatic rings. The van der Waals surface area contributed by atoms with Crippen molar-refractivity contribution in [3.05, 3.63) is 58.7 Å². The summed E-state index contributed by atoms with van der Waals surface area (Å²) >= 11 is 5.92. The van der Waals surface area contributed by atoms with Crippen molar-refractivity contribution in [2.45, 2.75) is 57.2 Å². The van der Waals surface area contributed by atoms with Crippen LogP contribution in [0.1, 0.15) is 44.1 Å². The van der Waals surface area contributed by atoms with E-state index in [1.807, 2.05) is 30.3 Å². The SMILES string of the molecule is CN(C)CCCCCC1=C[C@H]2C[C@@H](O)[C@H](C=C[C@@H](O)Cc3ccc(Cl)cc3)[C@H]2C1. The molecule has 3 nitrogen and oxygen atoms in total. The molecule has 2 aliphatic rings. The lowest BCUT2D eigenvalue weighted by atomic mass is 9.88. The molecule has 3 rings (SSSR count). The molecule has 0 amide bonds. The average molecular weight is 418 g/mol. The summed E-state index contributed by atoms with van der Waals surface area (Å²) in [7, 11) is 4.26. The van der Waals surface area contributed by atoms with Gasteiger partial charge in [0, 0.05) is 17.4 Å². The third-order valence-electron chi connectivity index (χ3n) is 6.47. The van der Waals surface area contributed by atoms with Gasteiger partial charge < -0.3 is 15.1 Å². The van der Waals surface area contributed by atoms with Crippen LogP contribution < -0.4 is 0 Å². The number of hydrogen-bond donors (Lipinski definition) is 2. The van der Waals surface area contributed by atoms with E-state index in [0.717, 1.165) is 18.4 Å². The molecule has 0 aliphatic heterocycles. The summed E-state index contributed by atoms with van der Waals surface area (Å²) in [5.74, 6) is 1.16. The van der Waals surface area contributed by atoms with E-state index in [2.05, 4.69) is 31.1 Å². The zero-order valence-corrected chi connectivity index (χ0v) is 18.6. The zero-order valence-electron chi connectivity index (χ0n) is 17.8. The Hall–Kier alpha value is -1.13. The van der Waals surface area contributed by atoms with Crippen LogP contribution in [0.25, 0.3) is 0 Å². The van der Waals surface area contributed by atoms with E-state index in [4.69, 9.17) is 11.6 Å². The minimum atomic E-state index is -0.534. The molecule has 1 fully saturated rings. The van der Waals surface area contributed by atoms with E-state index in [1.54, 1.807) is 5.57 Å². The van der Waals surface area contributed by atoms with Gasteiger partial charge in [0.2, 0.25) is 0 Å². The monoisotopic (exact) mass is 417 g/mol. The highest BCUT2D eigenvalue weighted by Gasteiger charge is 2.43. The Bertz CT molecular complexity index is 697. The van der Waals surface area contributed by atoms with Crippen LogP contribution in [0.2, 0.25) is 5.02 Å². The van der Waals surface area contributed by atoms with Crippen LogP contribution in [0.5, 0.6) is 0 Å². The molecule has 160 valence electrons. The van der Waals surface area contributed by atoms with Crippen LogP contribution in [0.15, 0.2) is 48.1 Å². The Balaban J connectivity index is 1.46. The lowest BCUT2D eigenvalue weighted by molar-refractivity contribution is 0.140. The normalized spacial score (nSPS) is 27.6. The molecule has 2 N–H and O–H groups in total. The number of rotatable bonds is 10. The molecule has 1 saturated carbocycles. The fraction of sp³-hybridized carbons (Fsp3) is 0.600. The number of allylic oxidation sites excluding steroid dienone is 2. The third-order valence-corrected chi connectivity index (χ3v) is 6.72. The van der Waals surface area contributed by atoms with Crippen molar-refractivity contribution in [1.82, 2.24) is 4.90 Å². The van der Waals surface area contributed by atoms with Crippen molar-refractivity contribution in [2.24, 2.45) is 17.8 Å². The predicted molar refractivity (Wildman–Crippen MR) is 121 cm³/mol. The summed E-state index contributed by atoms with van der Waals surface area (Å²) < 4.78 is 0. The number of halogens is 1. The summed E-state index contributed by atoms with van der Waals surface area (Å²) in [4.78, 5) is 2.25. The van der Waals surface area contributed by atoms with Crippen LogP contribution in [-0.4, -0.2) is 48.0 Å². The minimum Gasteiger partial charge on any atom is -0.392 e. The van der Waals surface area contributed by atoms with E-state index in [-0.39, 0.29) is 12.0 Å². The first-order valence-corrected chi connectivity index (χ1v) is 11.4. The zero-order chi connectivity index (χ0) is 20.8. The summed E-state index contributed by atoms with van der Waals surface area (Å²) in [5, 5.41) is 21.6. The molecule has 4 heteroatoms.